The molecule has 0 aromatic heterocycles. The first-order valence-electron chi connectivity index (χ1n) is 8.32. The average Bonchev–Trinajstić information content (AvgIpc) is 2.61. The van der Waals surface area contributed by atoms with Gasteiger partial charge in [0, 0.05) is 7.05 Å². The molecular weight excluding hydrogens is 340 g/mol. The highest BCUT2D eigenvalue weighted by Crippen LogP contribution is 2.28. The Kier molecular flexibility index (Phi) is 8.41. The zero-order valence-corrected chi connectivity index (χ0v) is 15.8. The molecule has 1 aromatic rings. The number of ether oxygens (including phenoxy) is 3. The Morgan fingerprint density at radius 1 is 1.12 bits per heavy atom. The van der Waals surface area contributed by atoms with Crippen LogP contribution in [0.25, 0.3) is 0 Å². The van der Waals surface area contributed by atoms with Gasteiger partial charge in [0.15, 0.2) is 17.6 Å². The summed E-state index contributed by atoms with van der Waals surface area (Å²) in [4.78, 5) is 35.1. The van der Waals surface area contributed by atoms with Gasteiger partial charge in [-0.25, -0.2) is 9.59 Å². The molecular formula is C18H26N2O6. The molecule has 0 aliphatic rings. The second-order valence-electron chi connectivity index (χ2n) is 6.01. The third-order valence-corrected chi connectivity index (χ3v) is 3.47. The summed E-state index contributed by atoms with van der Waals surface area (Å²) in [6.07, 6.45) is -0.238. The van der Waals surface area contributed by atoms with Crippen LogP contribution in [0.4, 0.5) is 4.79 Å². The first-order valence-corrected chi connectivity index (χ1v) is 8.32. The van der Waals surface area contributed by atoms with Crippen molar-refractivity contribution in [3.63, 3.8) is 0 Å². The Labute approximate surface area is 153 Å². The Hall–Kier alpha value is -2.77. The molecule has 144 valence electrons. The minimum atomic E-state index is -1.13. The molecule has 8 heteroatoms. The van der Waals surface area contributed by atoms with Crippen LogP contribution in [0, 0.1) is 5.92 Å². The van der Waals surface area contributed by atoms with Crippen molar-refractivity contribution in [2.75, 3.05) is 20.8 Å². The smallest absolute Gasteiger partial charge is 0.339 e. The van der Waals surface area contributed by atoms with Gasteiger partial charge in [-0.1, -0.05) is 13.8 Å². The molecule has 0 aliphatic heterocycles. The molecule has 0 heterocycles. The molecule has 0 bridgehead atoms. The Balaban J connectivity index is 2.74. The van der Waals surface area contributed by atoms with Gasteiger partial charge in [0.2, 0.25) is 0 Å². The normalized spacial score (nSPS) is 11.5. The molecule has 0 fully saturated rings. The van der Waals surface area contributed by atoms with Crippen molar-refractivity contribution in [2.24, 2.45) is 5.92 Å². The van der Waals surface area contributed by atoms with Gasteiger partial charge in [-0.2, -0.15) is 0 Å². The molecule has 26 heavy (non-hydrogen) atoms. The van der Waals surface area contributed by atoms with Crippen molar-refractivity contribution in [3.8, 4) is 11.5 Å². The number of amides is 3. The predicted molar refractivity (Wildman–Crippen MR) is 95.4 cm³/mol. The second-order valence-corrected chi connectivity index (χ2v) is 6.01. The molecule has 0 spiro atoms. The lowest BCUT2D eigenvalue weighted by molar-refractivity contribution is -0.127. The number of imide groups is 1. The summed E-state index contributed by atoms with van der Waals surface area (Å²) < 4.78 is 16.0. The van der Waals surface area contributed by atoms with Gasteiger partial charge < -0.3 is 19.5 Å². The fourth-order valence-corrected chi connectivity index (χ4v) is 1.88. The fraction of sp³-hybridized carbons (Fsp3) is 0.500. The number of urea groups is 1. The van der Waals surface area contributed by atoms with E-state index in [4.69, 9.17) is 14.2 Å². The van der Waals surface area contributed by atoms with Crippen LogP contribution < -0.4 is 20.1 Å². The van der Waals surface area contributed by atoms with Crippen molar-refractivity contribution in [1.82, 2.24) is 10.6 Å². The van der Waals surface area contributed by atoms with Crippen LogP contribution in [0.3, 0.4) is 0 Å². The van der Waals surface area contributed by atoms with E-state index < -0.39 is 24.0 Å². The van der Waals surface area contributed by atoms with Crippen LogP contribution in [-0.4, -0.2) is 44.8 Å². The van der Waals surface area contributed by atoms with E-state index in [2.05, 4.69) is 19.2 Å². The van der Waals surface area contributed by atoms with Crippen LogP contribution in [0.5, 0.6) is 11.5 Å². The van der Waals surface area contributed by atoms with Crippen LogP contribution >= 0.6 is 0 Å². The number of nitrogens with one attached hydrogen (secondary N) is 2. The molecule has 0 saturated carbocycles. The molecule has 3 amide bonds. The van der Waals surface area contributed by atoms with Gasteiger partial charge in [-0.15, -0.1) is 0 Å². The standard InChI is InChI=1S/C18H26N2O6/c1-11(2)8-9-25-14-7-6-13(10-15(14)24-5)17(22)26-12(3)16(21)20-18(23)19-4/h6-7,10-12H,8-9H2,1-5H3,(H2,19,20,21,23). The van der Waals surface area contributed by atoms with Gasteiger partial charge in [-0.3, -0.25) is 10.1 Å². The number of methoxy groups -OCH3 is 1. The van der Waals surface area contributed by atoms with Crippen LogP contribution in [0.1, 0.15) is 37.6 Å². The molecule has 1 atom stereocenters. The van der Waals surface area contributed by atoms with Crippen molar-refractivity contribution in [2.45, 2.75) is 33.3 Å². The SMILES string of the molecule is CNC(=O)NC(=O)C(C)OC(=O)c1ccc(OCCC(C)C)c(OC)c1. The van der Waals surface area contributed by atoms with Crippen LogP contribution in [-0.2, 0) is 9.53 Å². The number of hydrogen-bond donors (Lipinski definition) is 2. The molecule has 0 aliphatic carbocycles. The summed E-state index contributed by atoms with van der Waals surface area (Å²) in [6, 6.07) is 3.95. The molecule has 1 unspecified atom stereocenters. The zero-order chi connectivity index (χ0) is 19.7. The van der Waals surface area contributed by atoms with Gasteiger partial charge in [0.05, 0.1) is 19.3 Å². The topological polar surface area (TPSA) is 103 Å². The van der Waals surface area contributed by atoms with Crippen LogP contribution in [0.15, 0.2) is 18.2 Å². The minimum Gasteiger partial charge on any atom is -0.493 e. The number of benzene rings is 1. The van der Waals surface area contributed by atoms with Gasteiger partial charge in [0.25, 0.3) is 5.91 Å². The lowest BCUT2D eigenvalue weighted by Gasteiger charge is -2.15. The van der Waals surface area contributed by atoms with Crippen LogP contribution in [0.2, 0.25) is 0 Å². The quantitative estimate of drug-likeness (QED) is 0.683. The first-order chi connectivity index (χ1) is 12.3. The number of esters is 1. The predicted octanol–water partition coefficient (Wildman–Crippen LogP) is 2.12. The zero-order valence-electron chi connectivity index (χ0n) is 15.8. The van der Waals surface area contributed by atoms with Gasteiger partial charge in [-0.05, 0) is 37.5 Å². The molecule has 1 rings (SSSR count). The summed E-state index contributed by atoms with van der Waals surface area (Å²) in [7, 11) is 2.84. The number of carbonyl (C=O) groups is 3. The van der Waals surface area contributed by atoms with E-state index in [0.29, 0.717) is 24.0 Å². The van der Waals surface area contributed by atoms with Crippen molar-refractivity contribution < 1.29 is 28.6 Å². The van der Waals surface area contributed by atoms with Gasteiger partial charge in [0.1, 0.15) is 0 Å². The maximum absolute atomic E-state index is 12.2. The largest absolute Gasteiger partial charge is 0.493 e. The van der Waals surface area contributed by atoms with Crippen molar-refractivity contribution in [3.05, 3.63) is 23.8 Å². The third kappa shape index (κ3) is 6.62. The maximum Gasteiger partial charge on any atom is 0.339 e. The first kappa shape index (κ1) is 21.3. The molecule has 0 radical (unpaired) electrons. The highest BCUT2D eigenvalue weighted by molar-refractivity contribution is 5.98. The van der Waals surface area contributed by atoms with Crippen molar-refractivity contribution >= 4 is 17.9 Å². The monoisotopic (exact) mass is 366 g/mol. The van der Waals surface area contributed by atoms with E-state index in [-0.39, 0.29) is 5.56 Å². The second kappa shape index (κ2) is 10.3. The van der Waals surface area contributed by atoms with E-state index in [0.717, 1.165) is 6.42 Å². The lowest BCUT2D eigenvalue weighted by Crippen LogP contribution is -2.43. The summed E-state index contributed by atoms with van der Waals surface area (Å²) in [5.41, 5.74) is 0.206. The maximum atomic E-state index is 12.2. The summed E-state index contributed by atoms with van der Waals surface area (Å²) in [6.45, 7) is 6.10. The fourth-order valence-electron chi connectivity index (χ4n) is 1.88. The summed E-state index contributed by atoms with van der Waals surface area (Å²) in [5, 5.41) is 4.28. The lowest BCUT2D eigenvalue weighted by atomic mass is 10.1. The highest BCUT2D eigenvalue weighted by Gasteiger charge is 2.21. The van der Waals surface area contributed by atoms with E-state index in [1.807, 2.05) is 5.32 Å². The Morgan fingerprint density at radius 3 is 2.38 bits per heavy atom. The molecule has 0 saturated heterocycles. The van der Waals surface area contributed by atoms with E-state index >= 15 is 0 Å². The van der Waals surface area contributed by atoms with E-state index in [9.17, 15) is 14.4 Å². The number of carbonyl (C=O) groups excluding carboxylic acids is 3. The molecule has 2 N–H and O–H groups in total. The summed E-state index contributed by atoms with van der Waals surface area (Å²) >= 11 is 0. The van der Waals surface area contributed by atoms with E-state index in [1.165, 1.54) is 33.2 Å². The minimum absolute atomic E-state index is 0.206. The molecule has 1 aromatic carbocycles. The third-order valence-electron chi connectivity index (χ3n) is 3.47. The number of rotatable bonds is 8. The van der Waals surface area contributed by atoms with E-state index in [1.54, 1.807) is 6.07 Å². The van der Waals surface area contributed by atoms with Crippen molar-refractivity contribution in [1.29, 1.82) is 0 Å². The van der Waals surface area contributed by atoms with Gasteiger partial charge >= 0.3 is 12.0 Å². The average molecular weight is 366 g/mol. The Bertz CT molecular complexity index is 645. The Morgan fingerprint density at radius 2 is 1.81 bits per heavy atom. The molecule has 8 nitrogen and oxygen atoms in total. The number of hydrogen-bond acceptors (Lipinski definition) is 6. The summed E-state index contributed by atoms with van der Waals surface area (Å²) in [5.74, 6) is -0.00617. The highest BCUT2D eigenvalue weighted by atomic mass is 16.5.